The fourth-order valence-electron chi connectivity index (χ4n) is 2.65. The van der Waals surface area contributed by atoms with Crippen molar-refractivity contribution in [2.45, 2.75) is 13.5 Å². The largest absolute Gasteiger partial charge is 0.345 e. The van der Waals surface area contributed by atoms with Crippen LogP contribution < -0.4 is 9.62 Å². The van der Waals surface area contributed by atoms with Crippen molar-refractivity contribution in [3.8, 4) is 11.4 Å². The maximum absolute atomic E-state index is 14.2. The number of carbonyl (C=O) groups is 1. The van der Waals surface area contributed by atoms with Gasteiger partial charge < -0.3 is 9.84 Å². The number of carbonyl (C=O) groups excluding carboxylic acids is 1. The van der Waals surface area contributed by atoms with Crippen LogP contribution in [0.2, 0.25) is 0 Å². The van der Waals surface area contributed by atoms with E-state index in [4.69, 9.17) is 4.52 Å². The number of nitrogens with one attached hydrogen (secondary N) is 1. The molecule has 1 heterocycles. The Morgan fingerprint density at radius 2 is 1.81 bits per heavy atom. The van der Waals surface area contributed by atoms with Gasteiger partial charge in [0.2, 0.25) is 17.6 Å². The molecule has 0 radical (unpaired) electrons. The van der Waals surface area contributed by atoms with Crippen LogP contribution >= 0.6 is 0 Å². The molecule has 0 saturated carbocycles. The second kappa shape index (κ2) is 9.23. The monoisotopic (exact) mass is 447 g/mol. The highest BCUT2D eigenvalue weighted by atomic mass is 32.2. The third-order valence-corrected chi connectivity index (χ3v) is 6.17. The Hall–Kier alpha value is -3.31. The Morgan fingerprint density at radius 1 is 1.13 bits per heavy atom. The number of para-hydroxylation sites is 1. The van der Waals surface area contributed by atoms with E-state index < -0.39 is 28.5 Å². The van der Waals surface area contributed by atoms with Crippen molar-refractivity contribution in [2.24, 2.45) is 0 Å². The number of hydrogen-bond acceptors (Lipinski definition) is 6. The van der Waals surface area contributed by atoms with Crippen LogP contribution in [0.3, 0.4) is 0 Å². The molecule has 2 aromatic carbocycles. The molecule has 1 N–H and O–H groups in total. The van der Waals surface area contributed by atoms with Crippen LogP contribution in [0.4, 0.5) is 10.1 Å². The number of amides is 1. The molecule has 0 aliphatic rings. The fraction of sp³-hybridized carbons (Fsp3) is 0.250. The quantitative estimate of drug-likeness (QED) is 0.567. The Kier molecular flexibility index (Phi) is 6.66. The van der Waals surface area contributed by atoms with Gasteiger partial charge in [-0.15, -0.1) is 0 Å². The van der Waals surface area contributed by atoms with Gasteiger partial charge in [-0.2, -0.15) is 17.7 Å². The van der Waals surface area contributed by atoms with Crippen LogP contribution in [0.25, 0.3) is 11.4 Å². The Bertz CT molecular complexity index is 1160. The van der Waals surface area contributed by atoms with Crippen LogP contribution in [0.5, 0.6) is 0 Å². The molecular weight excluding hydrogens is 425 g/mol. The van der Waals surface area contributed by atoms with Crippen LogP contribution in [-0.4, -0.2) is 49.4 Å². The molecule has 9 nitrogen and oxygen atoms in total. The molecule has 1 amide bonds. The van der Waals surface area contributed by atoms with Crippen molar-refractivity contribution < 1.29 is 22.1 Å². The molecule has 0 aliphatic carbocycles. The zero-order chi connectivity index (χ0) is 22.6. The van der Waals surface area contributed by atoms with Crippen LogP contribution in [0.1, 0.15) is 11.5 Å². The zero-order valence-corrected chi connectivity index (χ0v) is 18.1. The van der Waals surface area contributed by atoms with E-state index in [1.807, 2.05) is 31.2 Å². The number of halogens is 1. The molecular formula is C20H22FN5O4S. The van der Waals surface area contributed by atoms with Gasteiger partial charge in [0, 0.05) is 19.7 Å². The van der Waals surface area contributed by atoms with Gasteiger partial charge >= 0.3 is 10.2 Å². The summed E-state index contributed by atoms with van der Waals surface area (Å²) >= 11 is 0. The maximum Gasteiger partial charge on any atom is 0.304 e. The third kappa shape index (κ3) is 5.25. The van der Waals surface area contributed by atoms with Gasteiger partial charge in [-0.25, -0.2) is 8.70 Å². The van der Waals surface area contributed by atoms with Gasteiger partial charge in [0.25, 0.3) is 0 Å². The van der Waals surface area contributed by atoms with Gasteiger partial charge in [-0.3, -0.25) is 4.79 Å². The first-order chi connectivity index (χ1) is 14.7. The first kappa shape index (κ1) is 22.4. The molecule has 31 heavy (non-hydrogen) atoms. The van der Waals surface area contributed by atoms with Crippen molar-refractivity contribution in [2.75, 3.05) is 24.9 Å². The Balaban J connectivity index is 1.71. The Labute approximate surface area is 179 Å². The van der Waals surface area contributed by atoms with E-state index in [0.29, 0.717) is 10.1 Å². The lowest BCUT2D eigenvalue weighted by molar-refractivity contribution is -0.119. The third-order valence-electron chi connectivity index (χ3n) is 4.36. The second-order valence-corrected chi connectivity index (χ2v) is 8.97. The van der Waals surface area contributed by atoms with E-state index in [9.17, 15) is 17.6 Å². The standard InChI is InChI=1S/C20H22FN5O4S/c1-14-8-10-15(11-9-14)20-23-19(30-24-20)12-22-18(27)13-26(31(28,29)25(2)3)17-7-5-4-6-16(17)21/h4-11H,12-13H2,1-3H3,(H,22,27). The molecule has 0 unspecified atom stereocenters. The molecule has 0 atom stereocenters. The summed E-state index contributed by atoms with van der Waals surface area (Å²) in [5.74, 6) is -0.909. The Morgan fingerprint density at radius 3 is 2.45 bits per heavy atom. The van der Waals surface area contributed by atoms with Gasteiger partial charge in [0.15, 0.2) is 0 Å². The normalized spacial score (nSPS) is 11.5. The summed E-state index contributed by atoms with van der Waals surface area (Å²) in [5, 5.41) is 6.40. The van der Waals surface area contributed by atoms with E-state index in [1.54, 1.807) is 0 Å². The molecule has 0 saturated heterocycles. The minimum Gasteiger partial charge on any atom is -0.345 e. The molecule has 3 rings (SSSR count). The number of rotatable bonds is 8. The predicted octanol–water partition coefficient (Wildman–Crippen LogP) is 2.11. The highest BCUT2D eigenvalue weighted by Gasteiger charge is 2.29. The number of benzene rings is 2. The lowest BCUT2D eigenvalue weighted by atomic mass is 10.1. The lowest BCUT2D eigenvalue weighted by Gasteiger charge is -2.27. The van der Waals surface area contributed by atoms with E-state index in [0.717, 1.165) is 21.5 Å². The summed E-state index contributed by atoms with van der Waals surface area (Å²) in [7, 11) is -1.52. The van der Waals surface area contributed by atoms with Crippen molar-refractivity contribution >= 4 is 21.8 Å². The number of aryl methyl sites for hydroxylation is 1. The minimum absolute atomic E-state index is 0.106. The van der Waals surface area contributed by atoms with E-state index >= 15 is 0 Å². The SMILES string of the molecule is Cc1ccc(-c2noc(CNC(=O)CN(c3ccccc3F)S(=O)(=O)N(C)C)n2)cc1. The highest BCUT2D eigenvalue weighted by molar-refractivity contribution is 7.90. The first-order valence-corrected chi connectivity index (χ1v) is 10.7. The molecule has 0 spiro atoms. The van der Waals surface area contributed by atoms with E-state index in [-0.39, 0.29) is 18.1 Å². The number of hydrogen-bond donors (Lipinski definition) is 1. The smallest absolute Gasteiger partial charge is 0.304 e. The van der Waals surface area contributed by atoms with Crippen molar-refractivity contribution in [1.82, 2.24) is 19.8 Å². The van der Waals surface area contributed by atoms with Crippen molar-refractivity contribution in [3.63, 3.8) is 0 Å². The van der Waals surface area contributed by atoms with Gasteiger partial charge in [0.05, 0.1) is 12.2 Å². The zero-order valence-electron chi connectivity index (χ0n) is 17.2. The van der Waals surface area contributed by atoms with Crippen molar-refractivity contribution in [1.29, 1.82) is 0 Å². The first-order valence-electron chi connectivity index (χ1n) is 9.29. The summed E-state index contributed by atoms with van der Waals surface area (Å²) < 4.78 is 46.3. The topological polar surface area (TPSA) is 109 Å². The van der Waals surface area contributed by atoms with Gasteiger partial charge in [0.1, 0.15) is 12.4 Å². The molecule has 0 bridgehead atoms. The second-order valence-electron chi connectivity index (χ2n) is 6.90. The predicted molar refractivity (Wildman–Crippen MR) is 113 cm³/mol. The molecule has 0 fully saturated rings. The summed E-state index contributed by atoms with van der Waals surface area (Å²) in [4.78, 5) is 16.7. The van der Waals surface area contributed by atoms with Gasteiger partial charge in [-0.1, -0.05) is 47.1 Å². The lowest BCUT2D eigenvalue weighted by Crippen LogP contribution is -2.46. The van der Waals surface area contributed by atoms with E-state index in [2.05, 4.69) is 15.5 Å². The summed E-state index contributed by atoms with van der Waals surface area (Å²) in [6, 6.07) is 12.8. The molecule has 164 valence electrons. The van der Waals surface area contributed by atoms with Crippen molar-refractivity contribution in [3.05, 3.63) is 65.8 Å². The number of anilines is 1. The average molecular weight is 447 g/mol. The average Bonchev–Trinajstić information content (AvgIpc) is 3.20. The summed E-state index contributed by atoms with van der Waals surface area (Å²) in [6.07, 6.45) is 0. The number of nitrogens with zero attached hydrogens (tertiary/aromatic N) is 4. The number of aromatic nitrogens is 2. The van der Waals surface area contributed by atoms with Gasteiger partial charge in [-0.05, 0) is 19.1 Å². The van der Waals surface area contributed by atoms with Crippen LogP contribution in [0.15, 0.2) is 53.1 Å². The summed E-state index contributed by atoms with van der Waals surface area (Å²) in [5.41, 5.74) is 1.62. The fourth-order valence-corrected chi connectivity index (χ4v) is 3.72. The highest BCUT2D eigenvalue weighted by Crippen LogP contribution is 2.22. The molecule has 1 aromatic heterocycles. The minimum atomic E-state index is -4.11. The van der Waals surface area contributed by atoms with Crippen LogP contribution in [-0.2, 0) is 21.5 Å². The van der Waals surface area contributed by atoms with E-state index in [1.165, 1.54) is 32.3 Å². The molecule has 0 aliphatic heterocycles. The maximum atomic E-state index is 14.2. The molecule has 11 heteroatoms. The summed E-state index contributed by atoms with van der Waals surface area (Å²) in [6.45, 7) is 1.23. The molecule has 3 aromatic rings. The van der Waals surface area contributed by atoms with Crippen LogP contribution in [0, 0.1) is 12.7 Å².